The molecule has 0 radical (unpaired) electrons. The molecule has 0 aromatic rings. The van der Waals surface area contributed by atoms with Crippen molar-refractivity contribution in [1.29, 1.82) is 0 Å². The van der Waals surface area contributed by atoms with Crippen molar-refractivity contribution in [3.05, 3.63) is 0 Å². The van der Waals surface area contributed by atoms with E-state index in [0.717, 1.165) is 39.3 Å². The van der Waals surface area contributed by atoms with Crippen molar-refractivity contribution in [2.24, 2.45) is 0 Å². The van der Waals surface area contributed by atoms with E-state index in [4.69, 9.17) is 9.47 Å². The number of methoxy groups -OCH3 is 1. The molecule has 0 fully saturated rings. The number of unbranched alkanes of at least 4 members (excludes halogenated alkanes) is 1. The maximum Gasteiger partial charge on any atom is 0.0590 e. The topological polar surface area (TPSA) is 30.5 Å². The molecule has 0 unspecified atom stereocenters. The summed E-state index contributed by atoms with van der Waals surface area (Å²) in [4.78, 5) is 0. The lowest BCUT2D eigenvalue weighted by Crippen LogP contribution is -2.21. The molecule has 0 saturated heterocycles. The van der Waals surface area contributed by atoms with Gasteiger partial charge in [0.1, 0.15) is 0 Å². The minimum atomic E-state index is 0.795. The Kier molecular flexibility index (Phi) is 14.2. The number of ether oxygens (including phenoxy) is 2. The van der Waals surface area contributed by atoms with Crippen LogP contribution in [0.3, 0.4) is 0 Å². The van der Waals surface area contributed by atoms with Gasteiger partial charge in [-0.1, -0.05) is 22.6 Å². The standard InChI is InChI=1S/C10H22INO2/c1-13-8-4-9-14-10-7-12-6-3-2-5-11/h12H,2-10H2,1H3. The van der Waals surface area contributed by atoms with Gasteiger partial charge in [-0.15, -0.1) is 0 Å². The maximum absolute atomic E-state index is 5.40. The zero-order valence-corrected chi connectivity index (χ0v) is 11.2. The van der Waals surface area contributed by atoms with E-state index in [0.29, 0.717) is 0 Å². The van der Waals surface area contributed by atoms with Gasteiger partial charge in [-0.25, -0.2) is 0 Å². The molecule has 14 heavy (non-hydrogen) atoms. The van der Waals surface area contributed by atoms with Crippen molar-refractivity contribution < 1.29 is 9.47 Å². The van der Waals surface area contributed by atoms with Crippen LogP contribution in [0.15, 0.2) is 0 Å². The Hall–Kier alpha value is 0.610. The second-order valence-electron chi connectivity index (χ2n) is 3.10. The Labute approximate surface area is 101 Å². The Morgan fingerprint density at radius 2 is 1.86 bits per heavy atom. The van der Waals surface area contributed by atoms with Gasteiger partial charge in [0.2, 0.25) is 0 Å². The highest BCUT2D eigenvalue weighted by molar-refractivity contribution is 14.1. The van der Waals surface area contributed by atoms with Gasteiger partial charge in [-0.2, -0.15) is 0 Å². The predicted molar refractivity (Wildman–Crippen MR) is 68.3 cm³/mol. The zero-order valence-electron chi connectivity index (χ0n) is 9.06. The van der Waals surface area contributed by atoms with Gasteiger partial charge in [0.25, 0.3) is 0 Å². The van der Waals surface area contributed by atoms with E-state index in [1.54, 1.807) is 7.11 Å². The van der Waals surface area contributed by atoms with Crippen LogP contribution in [0.2, 0.25) is 0 Å². The van der Waals surface area contributed by atoms with Gasteiger partial charge < -0.3 is 14.8 Å². The van der Waals surface area contributed by atoms with Gasteiger partial charge in [0, 0.05) is 26.9 Å². The van der Waals surface area contributed by atoms with E-state index in [2.05, 4.69) is 27.9 Å². The largest absolute Gasteiger partial charge is 0.385 e. The van der Waals surface area contributed by atoms with E-state index in [9.17, 15) is 0 Å². The summed E-state index contributed by atoms with van der Waals surface area (Å²) in [5.74, 6) is 0. The van der Waals surface area contributed by atoms with Crippen LogP contribution in [-0.4, -0.2) is 44.4 Å². The fourth-order valence-electron chi connectivity index (χ4n) is 1.02. The Morgan fingerprint density at radius 1 is 1.00 bits per heavy atom. The summed E-state index contributed by atoms with van der Waals surface area (Å²) in [6, 6.07) is 0. The number of hydrogen-bond acceptors (Lipinski definition) is 3. The van der Waals surface area contributed by atoms with Crippen LogP contribution < -0.4 is 5.32 Å². The van der Waals surface area contributed by atoms with E-state index >= 15 is 0 Å². The van der Waals surface area contributed by atoms with Crippen LogP contribution in [0.1, 0.15) is 19.3 Å². The molecule has 0 aromatic heterocycles. The molecule has 0 aliphatic heterocycles. The molecule has 4 heteroatoms. The summed E-state index contributed by atoms with van der Waals surface area (Å²) in [7, 11) is 1.72. The van der Waals surface area contributed by atoms with Crippen LogP contribution in [0.25, 0.3) is 0 Å². The number of nitrogens with one attached hydrogen (secondary N) is 1. The second kappa shape index (κ2) is 13.6. The quantitative estimate of drug-likeness (QED) is 0.359. The molecule has 0 rings (SSSR count). The first-order chi connectivity index (χ1) is 6.91. The second-order valence-corrected chi connectivity index (χ2v) is 4.18. The first-order valence-corrected chi connectivity index (χ1v) is 6.77. The molecule has 3 nitrogen and oxygen atoms in total. The van der Waals surface area contributed by atoms with Crippen LogP contribution in [0.5, 0.6) is 0 Å². The summed E-state index contributed by atoms with van der Waals surface area (Å²) < 4.78 is 11.6. The molecule has 0 amide bonds. The monoisotopic (exact) mass is 315 g/mol. The summed E-state index contributed by atoms with van der Waals surface area (Å²) in [5.41, 5.74) is 0. The molecule has 1 N–H and O–H groups in total. The van der Waals surface area contributed by atoms with Crippen molar-refractivity contribution >= 4 is 22.6 Å². The minimum Gasteiger partial charge on any atom is -0.385 e. The first-order valence-electron chi connectivity index (χ1n) is 5.25. The van der Waals surface area contributed by atoms with Gasteiger partial charge in [0.15, 0.2) is 0 Å². The fraction of sp³-hybridized carbons (Fsp3) is 1.00. The third-order valence-electron chi connectivity index (χ3n) is 1.80. The van der Waals surface area contributed by atoms with Crippen LogP contribution in [0.4, 0.5) is 0 Å². The number of alkyl halides is 1. The molecule has 0 bridgehead atoms. The fourth-order valence-corrected chi connectivity index (χ4v) is 1.56. The third-order valence-corrected chi connectivity index (χ3v) is 2.56. The van der Waals surface area contributed by atoms with Crippen molar-refractivity contribution in [2.45, 2.75) is 19.3 Å². The van der Waals surface area contributed by atoms with Crippen molar-refractivity contribution in [1.82, 2.24) is 5.32 Å². The smallest absolute Gasteiger partial charge is 0.0590 e. The van der Waals surface area contributed by atoms with E-state index in [1.807, 2.05) is 0 Å². The number of hydrogen-bond donors (Lipinski definition) is 1. The molecule has 0 aliphatic carbocycles. The highest BCUT2D eigenvalue weighted by atomic mass is 127. The van der Waals surface area contributed by atoms with Crippen LogP contribution >= 0.6 is 22.6 Å². The predicted octanol–water partition coefficient (Wildman–Crippen LogP) is 1.84. The summed E-state index contributed by atoms with van der Waals surface area (Å²) in [6.45, 7) is 4.50. The molecule has 86 valence electrons. The molecule has 0 spiro atoms. The minimum absolute atomic E-state index is 0.795. The molecule has 0 heterocycles. The van der Waals surface area contributed by atoms with Crippen LogP contribution in [0, 0.1) is 0 Å². The van der Waals surface area contributed by atoms with Crippen molar-refractivity contribution in [3.63, 3.8) is 0 Å². The Bertz CT molecular complexity index is 92.1. The first kappa shape index (κ1) is 14.6. The lowest BCUT2D eigenvalue weighted by atomic mass is 10.3. The van der Waals surface area contributed by atoms with Crippen molar-refractivity contribution in [3.8, 4) is 0 Å². The zero-order chi connectivity index (χ0) is 10.5. The summed E-state index contributed by atoms with van der Waals surface area (Å²) in [6.07, 6.45) is 3.57. The lowest BCUT2D eigenvalue weighted by molar-refractivity contribution is 0.104. The number of rotatable bonds is 11. The molecular formula is C10H22INO2. The average molecular weight is 315 g/mol. The molecular weight excluding hydrogens is 293 g/mol. The van der Waals surface area contributed by atoms with Crippen molar-refractivity contribution in [2.75, 3.05) is 44.4 Å². The van der Waals surface area contributed by atoms with Gasteiger partial charge in [0.05, 0.1) is 6.61 Å². The Morgan fingerprint density at radius 3 is 2.57 bits per heavy atom. The number of halogens is 1. The van der Waals surface area contributed by atoms with Gasteiger partial charge >= 0.3 is 0 Å². The van der Waals surface area contributed by atoms with Gasteiger partial charge in [-0.05, 0) is 30.2 Å². The highest BCUT2D eigenvalue weighted by Gasteiger charge is 1.90. The Balaban J connectivity index is 2.78. The van der Waals surface area contributed by atoms with E-state index in [-0.39, 0.29) is 0 Å². The van der Waals surface area contributed by atoms with Crippen LogP contribution in [-0.2, 0) is 9.47 Å². The summed E-state index contributed by atoms with van der Waals surface area (Å²) in [5, 5.41) is 3.35. The molecule has 0 atom stereocenters. The normalized spacial score (nSPS) is 10.7. The SMILES string of the molecule is COCCCOCCNCCCCI. The van der Waals surface area contributed by atoms with Gasteiger partial charge in [-0.3, -0.25) is 0 Å². The molecule has 0 aromatic carbocycles. The molecule has 0 aliphatic rings. The lowest BCUT2D eigenvalue weighted by Gasteiger charge is -2.05. The third kappa shape index (κ3) is 12.6. The average Bonchev–Trinajstić information content (AvgIpc) is 2.21. The van der Waals surface area contributed by atoms with E-state index in [1.165, 1.54) is 17.3 Å². The van der Waals surface area contributed by atoms with E-state index < -0.39 is 0 Å². The highest BCUT2D eigenvalue weighted by Crippen LogP contribution is 1.92. The summed E-state index contributed by atoms with van der Waals surface area (Å²) >= 11 is 2.41. The maximum atomic E-state index is 5.40. The molecule has 0 saturated carbocycles.